The molecule has 0 N–H and O–H groups in total. The Kier molecular flexibility index (Phi) is 4.33. The highest BCUT2D eigenvalue weighted by atomic mass is 35.5. The molecule has 0 unspecified atom stereocenters. The fraction of sp³-hybridized carbons (Fsp3) is 0.500. The Morgan fingerprint density at radius 2 is 2.10 bits per heavy atom. The second-order valence-electron chi connectivity index (χ2n) is 5.31. The van der Waals surface area contributed by atoms with Crippen LogP contribution in [0.15, 0.2) is 23.1 Å². The number of carbonyl (C=O) groups excluding carboxylic acids is 1. The lowest BCUT2D eigenvalue weighted by Crippen LogP contribution is -2.51. The molecule has 1 aromatic rings. The Morgan fingerprint density at radius 3 is 2.71 bits per heavy atom. The van der Waals surface area contributed by atoms with Crippen LogP contribution in [0.5, 0.6) is 0 Å². The molecule has 2 rings (SSSR count). The molecule has 0 spiro atoms. The highest BCUT2D eigenvalue weighted by molar-refractivity contribution is 7.89. The van der Waals surface area contributed by atoms with Gasteiger partial charge in [-0.15, -0.1) is 0 Å². The second kappa shape index (κ2) is 5.59. The summed E-state index contributed by atoms with van der Waals surface area (Å²) in [6.07, 6.45) is 1.06. The average molecular weight is 332 g/mol. The number of ether oxygens (including phenoxy) is 1. The zero-order valence-corrected chi connectivity index (χ0v) is 13.8. The third-order valence-corrected chi connectivity index (χ3v) is 6.56. The van der Waals surface area contributed by atoms with Gasteiger partial charge in [0, 0.05) is 11.6 Å². The molecule has 1 saturated heterocycles. The van der Waals surface area contributed by atoms with Crippen molar-refractivity contribution in [1.82, 2.24) is 4.31 Å². The van der Waals surface area contributed by atoms with Crippen LogP contribution in [0.25, 0.3) is 0 Å². The van der Waals surface area contributed by atoms with Crippen LogP contribution in [-0.4, -0.2) is 37.9 Å². The lowest BCUT2D eigenvalue weighted by molar-refractivity contribution is -0.149. The molecule has 1 fully saturated rings. The van der Waals surface area contributed by atoms with E-state index in [1.54, 1.807) is 26.0 Å². The average Bonchev–Trinajstić information content (AvgIpc) is 2.84. The van der Waals surface area contributed by atoms with E-state index in [9.17, 15) is 13.2 Å². The van der Waals surface area contributed by atoms with E-state index < -0.39 is 21.5 Å². The molecule has 0 aliphatic carbocycles. The molecule has 0 amide bonds. The summed E-state index contributed by atoms with van der Waals surface area (Å²) < 4.78 is 31.8. The maximum absolute atomic E-state index is 12.9. The summed E-state index contributed by atoms with van der Waals surface area (Å²) in [7, 11) is -2.54. The molecule has 0 saturated carbocycles. The first-order valence-electron chi connectivity index (χ1n) is 6.61. The van der Waals surface area contributed by atoms with Crippen molar-refractivity contribution < 1.29 is 17.9 Å². The van der Waals surface area contributed by atoms with E-state index >= 15 is 0 Å². The number of hydrogen-bond acceptors (Lipinski definition) is 4. The molecule has 116 valence electrons. The number of carbonyl (C=O) groups is 1. The van der Waals surface area contributed by atoms with Crippen molar-refractivity contribution in [3.8, 4) is 0 Å². The highest BCUT2D eigenvalue weighted by Gasteiger charge is 2.50. The predicted octanol–water partition coefficient (Wildman–Crippen LogP) is 2.36. The first-order chi connectivity index (χ1) is 9.75. The third-order valence-electron chi connectivity index (χ3n) is 3.99. The van der Waals surface area contributed by atoms with Crippen molar-refractivity contribution in [2.24, 2.45) is 0 Å². The minimum Gasteiger partial charge on any atom is -0.468 e. The summed E-state index contributed by atoms with van der Waals surface area (Å²) in [5, 5.41) is 0.384. The van der Waals surface area contributed by atoms with E-state index in [1.165, 1.54) is 17.5 Å². The number of esters is 1. The van der Waals surface area contributed by atoms with Crippen LogP contribution >= 0.6 is 11.6 Å². The van der Waals surface area contributed by atoms with E-state index in [0.717, 1.165) is 0 Å². The van der Waals surface area contributed by atoms with E-state index in [-0.39, 0.29) is 4.90 Å². The van der Waals surface area contributed by atoms with Crippen molar-refractivity contribution in [2.75, 3.05) is 13.7 Å². The number of benzene rings is 1. The van der Waals surface area contributed by atoms with E-state index in [1.807, 2.05) is 0 Å². The van der Waals surface area contributed by atoms with Crippen LogP contribution in [0.1, 0.15) is 25.3 Å². The number of rotatable bonds is 3. The van der Waals surface area contributed by atoms with Gasteiger partial charge in [0.15, 0.2) is 0 Å². The van der Waals surface area contributed by atoms with Gasteiger partial charge in [-0.25, -0.2) is 8.42 Å². The van der Waals surface area contributed by atoms with Gasteiger partial charge in [0.05, 0.1) is 12.0 Å². The van der Waals surface area contributed by atoms with Crippen molar-refractivity contribution in [1.29, 1.82) is 0 Å². The number of nitrogens with zero attached hydrogens (tertiary/aromatic N) is 1. The molecule has 1 aromatic carbocycles. The Bertz CT molecular complexity index is 674. The van der Waals surface area contributed by atoms with Gasteiger partial charge in [-0.1, -0.05) is 17.7 Å². The zero-order valence-electron chi connectivity index (χ0n) is 12.2. The summed E-state index contributed by atoms with van der Waals surface area (Å²) in [6.45, 7) is 3.55. The van der Waals surface area contributed by atoms with Crippen LogP contribution in [-0.2, 0) is 19.6 Å². The van der Waals surface area contributed by atoms with Crippen LogP contribution in [0.4, 0.5) is 0 Å². The SMILES string of the molecule is COC(=O)[C@@]1(C)CCCN1S(=O)(=O)c1cccc(Cl)c1C. The zero-order chi connectivity index (χ0) is 15.8. The van der Waals surface area contributed by atoms with Gasteiger partial charge in [-0.05, 0) is 44.4 Å². The normalized spacial score (nSPS) is 23.2. The molecule has 0 aromatic heterocycles. The second-order valence-corrected chi connectivity index (χ2v) is 7.55. The molecule has 0 bridgehead atoms. The Hall–Kier alpha value is -1.11. The van der Waals surface area contributed by atoms with Gasteiger partial charge in [-0.3, -0.25) is 4.79 Å². The molecular formula is C14H18ClNO4S. The lowest BCUT2D eigenvalue weighted by atomic mass is 10.0. The lowest BCUT2D eigenvalue weighted by Gasteiger charge is -2.31. The Morgan fingerprint density at radius 1 is 1.43 bits per heavy atom. The minimum absolute atomic E-state index is 0.132. The number of hydrogen-bond donors (Lipinski definition) is 0. The number of halogens is 1. The van der Waals surface area contributed by atoms with Gasteiger partial charge in [0.25, 0.3) is 0 Å². The number of sulfonamides is 1. The number of methoxy groups -OCH3 is 1. The molecule has 21 heavy (non-hydrogen) atoms. The van der Waals surface area contributed by atoms with Crippen molar-refractivity contribution >= 4 is 27.6 Å². The predicted molar refractivity (Wildman–Crippen MR) is 79.7 cm³/mol. The standard InChI is InChI=1S/C14H18ClNO4S/c1-10-11(15)6-4-7-12(10)21(18,19)16-9-5-8-14(16,2)13(17)20-3/h4,6-7H,5,8-9H2,1-3H3/t14-/m1/s1. The van der Waals surface area contributed by atoms with Crippen molar-refractivity contribution in [3.63, 3.8) is 0 Å². The van der Waals surface area contributed by atoms with Gasteiger partial charge >= 0.3 is 5.97 Å². The maximum Gasteiger partial charge on any atom is 0.327 e. The molecule has 1 heterocycles. The summed E-state index contributed by atoms with van der Waals surface area (Å²) >= 11 is 6.01. The van der Waals surface area contributed by atoms with Crippen LogP contribution in [0.3, 0.4) is 0 Å². The Labute approximate surface area is 129 Å². The first-order valence-corrected chi connectivity index (χ1v) is 8.43. The van der Waals surface area contributed by atoms with E-state index in [0.29, 0.717) is 30.0 Å². The largest absolute Gasteiger partial charge is 0.468 e. The monoisotopic (exact) mass is 331 g/mol. The summed E-state index contributed by atoms with van der Waals surface area (Å²) in [6, 6.07) is 4.74. The topological polar surface area (TPSA) is 63.7 Å². The van der Waals surface area contributed by atoms with Crippen LogP contribution in [0.2, 0.25) is 5.02 Å². The van der Waals surface area contributed by atoms with Crippen LogP contribution in [0, 0.1) is 6.92 Å². The van der Waals surface area contributed by atoms with Gasteiger partial charge in [0.1, 0.15) is 5.54 Å². The molecule has 0 radical (unpaired) electrons. The van der Waals surface area contributed by atoms with Gasteiger partial charge in [0.2, 0.25) is 10.0 Å². The molecule has 1 atom stereocenters. The molecule has 1 aliphatic rings. The van der Waals surface area contributed by atoms with E-state index in [2.05, 4.69) is 0 Å². The first kappa shape index (κ1) is 16.3. The molecule has 7 heteroatoms. The fourth-order valence-corrected chi connectivity index (χ4v) is 5.01. The maximum atomic E-state index is 12.9. The van der Waals surface area contributed by atoms with Gasteiger partial charge in [-0.2, -0.15) is 4.31 Å². The third kappa shape index (κ3) is 2.56. The fourth-order valence-electron chi connectivity index (χ4n) is 2.73. The Balaban J connectivity index is 2.53. The molecular weight excluding hydrogens is 314 g/mol. The summed E-state index contributed by atoms with van der Waals surface area (Å²) in [5.41, 5.74) is -0.680. The summed E-state index contributed by atoms with van der Waals surface area (Å²) in [4.78, 5) is 12.2. The highest BCUT2D eigenvalue weighted by Crippen LogP contribution is 2.37. The van der Waals surface area contributed by atoms with Crippen molar-refractivity contribution in [2.45, 2.75) is 37.1 Å². The summed E-state index contributed by atoms with van der Waals surface area (Å²) in [5.74, 6) is -0.539. The van der Waals surface area contributed by atoms with E-state index in [4.69, 9.17) is 16.3 Å². The minimum atomic E-state index is -3.81. The molecule has 1 aliphatic heterocycles. The smallest absolute Gasteiger partial charge is 0.327 e. The van der Waals surface area contributed by atoms with Crippen molar-refractivity contribution in [3.05, 3.63) is 28.8 Å². The van der Waals surface area contributed by atoms with Gasteiger partial charge < -0.3 is 4.74 Å². The molecule has 5 nitrogen and oxygen atoms in total. The quantitative estimate of drug-likeness (QED) is 0.798. The van der Waals surface area contributed by atoms with Crippen LogP contribution < -0.4 is 0 Å².